The van der Waals surface area contributed by atoms with Crippen LogP contribution in [0.4, 0.5) is 5.69 Å². The van der Waals surface area contributed by atoms with E-state index in [9.17, 15) is 9.59 Å². The van der Waals surface area contributed by atoms with Gasteiger partial charge in [-0.25, -0.2) is 5.06 Å². The minimum Gasteiger partial charge on any atom is -0.495 e. The normalized spacial score (nSPS) is 29.2. The Labute approximate surface area is 194 Å². The number of fused-ring (bicyclic) bond motifs is 1. The lowest BCUT2D eigenvalue weighted by molar-refractivity contribution is -0.144. The first-order valence-electron chi connectivity index (χ1n) is 11.9. The second-order valence-corrected chi connectivity index (χ2v) is 9.05. The van der Waals surface area contributed by atoms with E-state index in [0.29, 0.717) is 0 Å². The zero-order valence-corrected chi connectivity index (χ0v) is 19.1. The van der Waals surface area contributed by atoms with Crippen molar-refractivity contribution in [3.63, 3.8) is 0 Å². The molecule has 5 atom stereocenters. The number of amides is 2. The minimum absolute atomic E-state index is 0.180. The molecule has 6 nitrogen and oxygen atoms in total. The van der Waals surface area contributed by atoms with E-state index in [0.717, 1.165) is 30.5 Å². The van der Waals surface area contributed by atoms with Crippen LogP contribution in [0.2, 0.25) is 0 Å². The Bertz CT molecular complexity index is 1040. The van der Waals surface area contributed by atoms with Crippen LogP contribution in [0.25, 0.3) is 0 Å². The Hall–Kier alpha value is -3.12. The molecule has 33 heavy (non-hydrogen) atoms. The second-order valence-electron chi connectivity index (χ2n) is 9.05. The fourth-order valence-corrected chi connectivity index (χ4v) is 5.32. The van der Waals surface area contributed by atoms with E-state index < -0.39 is 12.0 Å². The van der Waals surface area contributed by atoms with Crippen molar-refractivity contribution >= 4 is 17.5 Å². The molecule has 0 spiro atoms. The van der Waals surface area contributed by atoms with Gasteiger partial charge in [0.25, 0.3) is 5.91 Å². The molecule has 6 heteroatoms. The molecule has 2 amide bonds. The molecule has 2 saturated heterocycles. The van der Waals surface area contributed by atoms with Gasteiger partial charge in [-0.3, -0.25) is 19.3 Å². The molecule has 2 aromatic rings. The van der Waals surface area contributed by atoms with E-state index in [4.69, 9.17) is 9.57 Å². The summed E-state index contributed by atoms with van der Waals surface area (Å²) < 4.78 is 6.30. The number of ether oxygens (including phenoxy) is 1. The van der Waals surface area contributed by atoms with E-state index in [2.05, 4.69) is 13.8 Å². The summed E-state index contributed by atoms with van der Waals surface area (Å²) in [6.45, 7) is 4.55. The van der Waals surface area contributed by atoms with Gasteiger partial charge in [-0.2, -0.15) is 0 Å². The van der Waals surface area contributed by atoms with E-state index >= 15 is 0 Å². The molecule has 0 saturated carbocycles. The van der Waals surface area contributed by atoms with Gasteiger partial charge in [-0.05, 0) is 42.5 Å². The van der Waals surface area contributed by atoms with Gasteiger partial charge in [-0.15, -0.1) is 0 Å². The maximum atomic E-state index is 13.7. The summed E-state index contributed by atoms with van der Waals surface area (Å²) in [5.74, 6) is -0.807. The lowest BCUT2D eigenvalue weighted by atomic mass is 9.80. The summed E-state index contributed by atoms with van der Waals surface area (Å²) >= 11 is 0. The third kappa shape index (κ3) is 3.82. The number of benzene rings is 2. The van der Waals surface area contributed by atoms with Crippen LogP contribution < -0.4 is 5.06 Å². The number of nitrogens with zero attached hydrogens (tertiary/aromatic N) is 2. The molecule has 2 fully saturated rings. The van der Waals surface area contributed by atoms with Crippen LogP contribution in [0.3, 0.4) is 0 Å². The monoisotopic (exact) mass is 446 g/mol. The highest BCUT2D eigenvalue weighted by atomic mass is 16.7. The van der Waals surface area contributed by atoms with Crippen LogP contribution >= 0.6 is 0 Å². The molecule has 0 bridgehead atoms. The molecule has 0 N–H and O–H groups in total. The number of hydrogen-bond acceptors (Lipinski definition) is 5. The molecule has 0 aromatic heterocycles. The van der Waals surface area contributed by atoms with Crippen molar-refractivity contribution in [3.05, 3.63) is 78.1 Å². The van der Waals surface area contributed by atoms with Gasteiger partial charge in [0.05, 0.1) is 18.5 Å². The van der Waals surface area contributed by atoms with Crippen LogP contribution in [-0.2, 0) is 25.7 Å². The highest BCUT2D eigenvalue weighted by Crippen LogP contribution is 2.44. The van der Waals surface area contributed by atoms with Crippen molar-refractivity contribution in [3.8, 4) is 0 Å². The third-order valence-corrected chi connectivity index (χ3v) is 7.14. The predicted molar refractivity (Wildman–Crippen MR) is 125 cm³/mol. The number of para-hydroxylation sites is 1. The number of likely N-dealkylation sites (tertiary alicyclic amines) is 1. The Morgan fingerprint density at radius 2 is 1.64 bits per heavy atom. The number of hydroxylamine groups is 1. The van der Waals surface area contributed by atoms with Gasteiger partial charge in [0.1, 0.15) is 18.1 Å². The Kier molecular flexibility index (Phi) is 5.94. The summed E-state index contributed by atoms with van der Waals surface area (Å²) in [6.07, 6.45) is 3.59. The van der Waals surface area contributed by atoms with Crippen LogP contribution in [0, 0.1) is 11.8 Å². The van der Waals surface area contributed by atoms with Crippen molar-refractivity contribution in [2.45, 2.75) is 57.9 Å². The number of rotatable bonds is 6. The molecule has 0 radical (unpaired) electrons. The molecule has 3 aliphatic heterocycles. The average Bonchev–Trinajstić information content (AvgIpc) is 3.36. The van der Waals surface area contributed by atoms with Gasteiger partial charge in [-0.1, -0.05) is 62.4 Å². The Morgan fingerprint density at radius 1 is 0.939 bits per heavy atom. The third-order valence-electron chi connectivity index (χ3n) is 7.14. The van der Waals surface area contributed by atoms with Crippen molar-refractivity contribution in [1.29, 1.82) is 0 Å². The lowest BCUT2D eigenvalue weighted by Crippen LogP contribution is -2.50. The number of imide groups is 1. The quantitative estimate of drug-likeness (QED) is 0.613. The molecule has 3 heterocycles. The number of allylic oxidation sites excluding steroid dienone is 1. The molecule has 3 aliphatic rings. The second kappa shape index (κ2) is 9.02. The van der Waals surface area contributed by atoms with E-state index in [-0.39, 0.29) is 36.4 Å². The molecule has 172 valence electrons. The predicted octanol–water partition coefficient (Wildman–Crippen LogP) is 4.47. The Balaban J connectivity index is 1.50. The summed E-state index contributed by atoms with van der Waals surface area (Å²) in [5, 5.41) is 1.77. The highest BCUT2D eigenvalue weighted by Gasteiger charge is 2.62. The van der Waals surface area contributed by atoms with Crippen LogP contribution in [-0.4, -0.2) is 35.0 Å². The summed E-state index contributed by atoms with van der Waals surface area (Å²) in [5.41, 5.74) is 3.03. The van der Waals surface area contributed by atoms with Gasteiger partial charge < -0.3 is 4.74 Å². The number of hydrogen-bond donors (Lipinski definition) is 0. The molecule has 5 rings (SSSR count). The Morgan fingerprint density at radius 3 is 2.30 bits per heavy atom. The van der Waals surface area contributed by atoms with Crippen molar-refractivity contribution in [1.82, 2.24) is 4.90 Å². The topological polar surface area (TPSA) is 59.1 Å². The average molecular weight is 447 g/mol. The molecule has 0 aliphatic carbocycles. The smallest absolute Gasteiger partial charge is 0.262 e. The van der Waals surface area contributed by atoms with E-state index in [1.54, 1.807) is 5.06 Å². The standard InChI is InChI=1S/C27H30N2O4/c1-3-18-15-20(4-2)24(32-17-18)23-22-25(33-29(23)21-13-9-6-10-14-21)27(31)28(26(22)30)16-19-11-7-5-8-12-19/h5-14,17,20,22-25H,3-4,15-16H2,1-2H3/t20-,22+,23-,24-,25-/m0/s1. The molecular formula is C27H30N2O4. The first-order valence-corrected chi connectivity index (χ1v) is 11.9. The summed E-state index contributed by atoms with van der Waals surface area (Å²) in [7, 11) is 0. The number of anilines is 1. The van der Waals surface area contributed by atoms with Crippen LogP contribution in [0.15, 0.2) is 72.5 Å². The summed E-state index contributed by atoms with van der Waals surface area (Å²) in [6, 6.07) is 18.9. The largest absolute Gasteiger partial charge is 0.495 e. The van der Waals surface area contributed by atoms with Crippen molar-refractivity contribution in [2.75, 3.05) is 5.06 Å². The number of carbonyl (C=O) groups is 2. The zero-order chi connectivity index (χ0) is 22.9. The zero-order valence-electron chi connectivity index (χ0n) is 19.1. The SMILES string of the molecule is CCC1=CO[C@H]([C@@H]2[C@H]3C(=O)N(Cc4ccccc4)C(=O)[C@H]3ON2c2ccccc2)[C@@H](CC)C1. The van der Waals surface area contributed by atoms with E-state index in [1.165, 1.54) is 10.5 Å². The van der Waals surface area contributed by atoms with Gasteiger partial charge >= 0.3 is 0 Å². The maximum Gasteiger partial charge on any atom is 0.262 e. The van der Waals surface area contributed by atoms with E-state index in [1.807, 2.05) is 66.9 Å². The first-order chi connectivity index (χ1) is 16.1. The molecule has 2 aromatic carbocycles. The number of carbonyl (C=O) groups excluding carboxylic acids is 2. The van der Waals surface area contributed by atoms with Gasteiger partial charge in [0, 0.05) is 5.92 Å². The first kappa shape index (κ1) is 21.7. The fraction of sp³-hybridized carbons (Fsp3) is 0.407. The van der Waals surface area contributed by atoms with Gasteiger partial charge in [0.15, 0.2) is 6.10 Å². The molecular weight excluding hydrogens is 416 g/mol. The molecule has 0 unspecified atom stereocenters. The highest BCUT2D eigenvalue weighted by molar-refractivity contribution is 6.07. The van der Waals surface area contributed by atoms with Gasteiger partial charge in [0.2, 0.25) is 5.91 Å². The maximum absolute atomic E-state index is 13.7. The van der Waals surface area contributed by atoms with Crippen molar-refractivity contribution in [2.24, 2.45) is 11.8 Å². The van der Waals surface area contributed by atoms with Crippen LogP contribution in [0.1, 0.15) is 38.7 Å². The fourth-order valence-electron chi connectivity index (χ4n) is 5.32. The lowest BCUT2D eigenvalue weighted by Gasteiger charge is -2.39. The minimum atomic E-state index is -0.830. The van der Waals surface area contributed by atoms with Crippen LogP contribution in [0.5, 0.6) is 0 Å². The summed E-state index contributed by atoms with van der Waals surface area (Å²) in [4.78, 5) is 34.6. The van der Waals surface area contributed by atoms with Crippen molar-refractivity contribution < 1.29 is 19.2 Å².